The van der Waals surface area contributed by atoms with E-state index >= 15 is 0 Å². The quantitative estimate of drug-likeness (QED) is 0.872. The first-order chi connectivity index (χ1) is 11.6. The Morgan fingerprint density at radius 1 is 0.958 bits per heavy atom. The Labute approximate surface area is 141 Å². The fraction of sp³-hybridized carbons (Fsp3) is 0.316. The molecule has 1 aromatic carbocycles. The number of nitrogens with zero attached hydrogens (tertiary/aromatic N) is 2. The first kappa shape index (κ1) is 16.2. The number of aromatic nitrogens is 1. The molecule has 2 aromatic rings. The number of nitrogens with one attached hydrogen (secondary N) is 1. The lowest BCUT2D eigenvalue weighted by atomic mass is 10.1. The fourth-order valence-corrected chi connectivity index (χ4v) is 2.81. The van der Waals surface area contributed by atoms with Crippen LogP contribution in [0.2, 0.25) is 0 Å². The number of amides is 1. The Morgan fingerprint density at radius 3 is 2.21 bits per heavy atom. The first-order valence-electron chi connectivity index (χ1n) is 8.27. The van der Waals surface area contributed by atoms with Crippen molar-refractivity contribution in [3.63, 3.8) is 0 Å². The molecule has 3 rings (SSSR count). The van der Waals surface area contributed by atoms with Crippen molar-refractivity contribution in [3.8, 4) is 0 Å². The van der Waals surface area contributed by atoms with Gasteiger partial charge in [-0.25, -0.2) is 4.98 Å². The van der Waals surface area contributed by atoms with Gasteiger partial charge in [0.2, 0.25) is 0 Å². The van der Waals surface area contributed by atoms with Gasteiger partial charge in [-0.15, -0.1) is 0 Å². The second-order valence-corrected chi connectivity index (χ2v) is 6.04. The van der Waals surface area contributed by atoms with E-state index in [9.17, 15) is 9.59 Å². The standard InChI is InChI=1S/C19H21N3O2/c1-14(23)15-5-7-16(8-6-15)21-17-9-10-18(20-13-17)19(24)22-11-3-2-4-12-22/h5-10,13,21H,2-4,11-12H2,1H3. The van der Waals surface area contributed by atoms with Gasteiger partial charge in [-0.3, -0.25) is 9.59 Å². The maximum Gasteiger partial charge on any atom is 0.272 e. The van der Waals surface area contributed by atoms with E-state index in [2.05, 4.69) is 10.3 Å². The molecule has 0 unspecified atom stereocenters. The molecule has 0 bridgehead atoms. The first-order valence-corrected chi connectivity index (χ1v) is 8.27. The lowest BCUT2D eigenvalue weighted by Gasteiger charge is -2.26. The maximum atomic E-state index is 12.4. The van der Waals surface area contributed by atoms with Gasteiger partial charge in [-0.1, -0.05) is 0 Å². The predicted molar refractivity (Wildman–Crippen MR) is 93.7 cm³/mol. The predicted octanol–water partition coefficient (Wildman–Crippen LogP) is 3.65. The zero-order valence-corrected chi connectivity index (χ0v) is 13.8. The highest BCUT2D eigenvalue weighted by Crippen LogP contribution is 2.18. The van der Waals surface area contributed by atoms with Crippen LogP contribution in [-0.2, 0) is 0 Å². The molecule has 1 aliphatic heterocycles. The summed E-state index contributed by atoms with van der Waals surface area (Å²) in [6.07, 6.45) is 5.00. The average molecular weight is 323 g/mol. The molecule has 0 atom stereocenters. The molecule has 2 heterocycles. The van der Waals surface area contributed by atoms with Gasteiger partial charge < -0.3 is 10.2 Å². The molecule has 0 saturated carbocycles. The third-order valence-corrected chi connectivity index (χ3v) is 4.21. The fourth-order valence-electron chi connectivity index (χ4n) is 2.81. The molecule has 5 nitrogen and oxygen atoms in total. The normalized spacial score (nSPS) is 14.3. The van der Waals surface area contributed by atoms with Crippen molar-refractivity contribution in [1.82, 2.24) is 9.88 Å². The number of hydrogen-bond donors (Lipinski definition) is 1. The topological polar surface area (TPSA) is 62.3 Å². The maximum absolute atomic E-state index is 12.4. The molecule has 1 aliphatic rings. The summed E-state index contributed by atoms with van der Waals surface area (Å²) in [5.41, 5.74) is 2.84. The number of carbonyl (C=O) groups is 2. The van der Waals surface area contributed by atoms with Gasteiger partial charge in [-0.2, -0.15) is 0 Å². The van der Waals surface area contributed by atoms with Crippen LogP contribution in [0.15, 0.2) is 42.6 Å². The molecular formula is C19H21N3O2. The number of pyridine rings is 1. The van der Waals surface area contributed by atoms with E-state index in [-0.39, 0.29) is 11.7 Å². The van der Waals surface area contributed by atoms with E-state index in [0.29, 0.717) is 11.3 Å². The largest absolute Gasteiger partial charge is 0.354 e. The molecule has 0 spiro atoms. The van der Waals surface area contributed by atoms with Crippen molar-refractivity contribution < 1.29 is 9.59 Å². The van der Waals surface area contributed by atoms with Crippen molar-refractivity contribution in [2.45, 2.75) is 26.2 Å². The number of ketones is 1. The number of Topliss-reactive ketones (excluding diaryl/α,β-unsaturated/α-hetero) is 1. The Bertz CT molecular complexity index is 717. The molecule has 1 fully saturated rings. The van der Waals surface area contributed by atoms with E-state index in [1.807, 2.05) is 23.1 Å². The summed E-state index contributed by atoms with van der Waals surface area (Å²) in [6.45, 7) is 3.19. The van der Waals surface area contributed by atoms with Gasteiger partial charge in [0.1, 0.15) is 5.69 Å². The zero-order valence-electron chi connectivity index (χ0n) is 13.8. The van der Waals surface area contributed by atoms with Crippen LogP contribution in [0.25, 0.3) is 0 Å². The molecule has 24 heavy (non-hydrogen) atoms. The van der Waals surface area contributed by atoms with E-state index < -0.39 is 0 Å². The summed E-state index contributed by atoms with van der Waals surface area (Å²) in [6, 6.07) is 10.9. The lowest BCUT2D eigenvalue weighted by Crippen LogP contribution is -2.36. The van der Waals surface area contributed by atoms with Crippen molar-refractivity contribution in [2.24, 2.45) is 0 Å². The van der Waals surface area contributed by atoms with Crippen LogP contribution in [0.5, 0.6) is 0 Å². The Kier molecular flexibility index (Phi) is 4.89. The van der Waals surface area contributed by atoms with E-state index in [4.69, 9.17) is 0 Å². The summed E-state index contributed by atoms with van der Waals surface area (Å²) in [4.78, 5) is 29.8. The average Bonchev–Trinajstić information content (AvgIpc) is 2.63. The SMILES string of the molecule is CC(=O)c1ccc(Nc2ccc(C(=O)N3CCCCC3)nc2)cc1. The van der Waals surface area contributed by atoms with Crippen molar-refractivity contribution in [2.75, 3.05) is 18.4 Å². The van der Waals surface area contributed by atoms with Crippen LogP contribution >= 0.6 is 0 Å². The van der Waals surface area contributed by atoms with Gasteiger partial charge in [0, 0.05) is 24.3 Å². The Morgan fingerprint density at radius 2 is 1.62 bits per heavy atom. The van der Waals surface area contributed by atoms with Crippen LogP contribution in [0.1, 0.15) is 47.0 Å². The van der Waals surface area contributed by atoms with Crippen LogP contribution in [0, 0.1) is 0 Å². The van der Waals surface area contributed by atoms with E-state index in [0.717, 1.165) is 37.3 Å². The molecule has 0 aliphatic carbocycles. The van der Waals surface area contributed by atoms with Crippen LogP contribution in [0.3, 0.4) is 0 Å². The number of benzene rings is 1. The molecule has 1 N–H and O–H groups in total. The molecule has 0 radical (unpaired) electrons. The van der Waals surface area contributed by atoms with Gasteiger partial charge in [-0.05, 0) is 62.6 Å². The van der Waals surface area contributed by atoms with Crippen molar-refractivity contribution in [3.05, 3.63) is 53.9 Å². The number of likely N-dealkylation sites (tertiary alicyclic amines) is 1. The Balaban J connectivity index is 1.65. The molecule has 1 amide bonds. The van der Waals surface area contributed by atoms with Crippen LogP contribution in [-0.4, -0.2) is 34.7 Å². The number of hydrogen-bond acceptors (Lipinski definition) is 4. The van der Waals surface area contributed by atoms with Gasteiger partial charge in [0.15, 0.2) is 5.78 Å². The minimum absolute atomic E-state index is 0.00654. The monoisotopic (exact) mass is 323 g/mol. The Hall–Kier alpha value is -2.69. The number of anilines is 2. The van der Waals surface area contributed by atoms with E-state index in [1.165, 1.54) is 6.42 Å². The zero-order chi connectivity index (χ0) is 16.9. The number of rotatable bonds is 4. The highest BCUT2D eigenvalue weighted by atomic mass is 16.2. The van der Waals surface area contributed by atoms with Gasteiger partial charge in [0.25, 0.3) is 5.91 Å². The van der Waals surface area contributed by atoms with Gasteiger partial charge in [0.05, 0.1) is 11.9 Å². The second-order valence-electron chi connectivity index (χ2n) is 6.04. The molecule has 5 heteroatoms. The van der Waals surface area contributed by atoms with Crippen LogP contribution in [0.4, 0.5) is 11.4 Å². The van der Waals surface area contributed by atoms with Crippen LogP contribution < -0.4 is 5.32 Å². The van der Waals surface area contributed by atoms with E-state index in [1.54, 1.807) is 31.3 Å². The molecule has 124 valence electrons. The third-order valence-electron chi connectivity index (χ3n) is 4.21. The van der Waals surface area contributed by atoms with Gasteiger partial charge >= 0.3 is 0 Å². The molecule has 1 saturated heterocycles. The highest BCUT2D eigenvalue weighted by molar-refractivity contribution is 5.94. The minimum atomic E-state index is 0.00654. The molecular weight excluding hydrogens is 302 g/mol. The second kappa shape index (κ2) is 7.25. The minimum Gasteiger partial charge on any atom is -0.354 e. The smallest absolute Gasteiger partial charge is 0.272 e. The summed E-state index contributed by atoms with van der Waals surface area (Å²) in [5.74, 6) is 0.0517. The van der Waals surface area contributed by atoms with Crippen molar-refractivity contribution in [1.29, 1.82) is 0 Å². The highest BCUT2D eigenvalue weighted by Gasteiger charge is 2.18. The summed E-state index contributed by atoms with van der Waals surface area (Å²) >= 11 is 0. The third kappa shape index (κ3) is 3.79. The molecule has 1 aromatic heterocycles. The van der Waals surface area contributed by atoms with Crippen molar-refractivity contribution >= 4 is 23.1 Å². The summed E-state index contributed by atoms with van der Waals surface area (Å²) < 4.78 is 0. The summed E-state index contributed by atoms with van der Waals surface area (Å²) in [5, 5.41) is 3.22. The summed E-state index contributed by atoms with van der Waals surface area (Å²) in [7, 11) is 0. The number of carbonyl (C=O) groups excluding carboxylic acids is 2. The lowest BCUT2D eigenvalue weighted by molar-refractivity contribution is 0.0718. The number of piperidine rings is 1.